The first kappa shape index (κ1) is 15.7. The minimum Gasteiger partial charge on any atom is -0.381 e. The van der Waals surface area contributed by atoms with Crippen molar-refractivity contribution in [2.45, 2.75) is 37.6 Å². The van der Waals surface area contributed by atoms with Crippen LogP contribution in [0.5, 0.6) is 0 Å². The quantitative estimate of drug-likeness (QED) is 0.865. The number of likely N-dealkylation sites (tertiary alicyclic amines) is 1. The molecule has 2 aliphatic heterocycles. The second kappa shape index (κ2) is 6.99. The lowest BCUT2D eigenvalue weighted by Gasteiger charge is -2.39. The smallest absolute Gasteiger partial charge is 0.107 e. The van der Waals surface area contributed by atoms with Crippen LogP contribution in [0.2, 0.25) is 0 Å². The first-order valence-corrected chi connectivity index (χ1v) is 8.91. The van der Waals surface area contributed by atoms with E-state index in [4.69, 9.17) is 9.72 Å². The number of rotatable bonds is 3. The van der Waals surface area contributed by atoms with Crippen LogP contribution in [-0.4, -0.2) is 56.8 Å². The Morgan fingerprint density at radius 2 is 1.96 bits per heavy atom. The Bertz CT molecular complexity index is 680. The van der Waals surface area contributed by atoms with Gasteiger partial charge in [-0.1, -0.05) is 0 Å². The van der Waals surface area contributed by atoms with Crippen molar-refractivity contribution in [3.63, 3.8) is 0 Å². The van der Waals surface area contributed by atoms with Gasteiger partial charge < -0.3 is 9.30 Å². The molecule has 2 fully saturated rings. The van der Waals surface area contributed by atoms with Crippen LogP contribution in [0.3, 0.4) is 0 Å². The van der Waals surface area contributed by atoms with Crippen LogP contribution in [0.1, 0.15) is 37.3 Å². The molecule has 0 amide bonds. The number of ether oxygens (including phenoxy) is 1. The molecule has 0 N–H and O–H groups in total. The summed E-state index contributed by atoms with van der Waals surface area (Å²) in [6.07, 6.45) is 12.2. The minimum atomic E-state index is 0.474. The molecule has 0 spiro atoms. The summed E-state index contributed by atoms with van der Waals surface area (Å²) in [6, 6.07) is 0.676. The van der Waals surface area contributed by atoms with Gasteiger partial charge in [-0.15, -0.1) is 0 Å². The molecule has 0 bridgehead atoms. The Labute approximate surface area is 142 Å². The van der Waals surface area contributed by atoms with E-state index in [1.54, 1.807) is 6.33 Å². The highest BCUT2D eigenvalue weighted by Crippen LogP contribution is 2.29. The number of aryl methyl sites for hydroxylation is 1. The van der Waals surface area contributed by atoms with Gasteiger partial charge in [0.1, 0.15) is 5.69 Å². The number of hydrogen-bond acceptors (Lipinski definition) is 5. The molecule has 0 aromatic carbocycles. The zero-order chi connectivity index (χ0) is 16.4. The van der Waals surface area contributed by atoms with E-state index in [1.807, 2.05) is 30.2 Å². The van der Waals surface area contributed by atoms with Crippen LogP contribution in [0.15, 0.2) is 24.9 Å². The molecule has 24 heavy (non-hydrogen) atoms. The number of imidazole rings is 1. The Morgan fingerprint density at radius 1 is 1.08 bits per heavy atom. The first-order valence-electron chi connectivity index (χ1n) is 8.91. The van der Waals surface area contributed by atoms with Crippen molar-refractivity contribution < 1.29 is 4.74 Å². The van der Waals surface area contributed by atoms with Crippen molar-refractivity contribution >= 4 is 0 Å². The zero-order valence-corrected chi connectivity index (χ0v) is 14.3. The molecule has 1 atom stereocenters. The van der Waals surface area contributed by atoms with Gasteiger partial charge in [0.15, 0.2) is 0 Å². The van der Waals surface area contributed by atoms with E-state index >= 15 is 0 Å². The summed E-state index contributed by atoms with van der Waals surface area (Å²) in [5, 5.41) is 0. The van der Waals surface area contributed by atoms with Crippen LogP contribution in [0.4, 0.5) is 0 Å². The maximum Gasteiger partial charge on any atom is 0.107 e. The lowest BCUT2D eigenvalue weighted by atomic mass is 9.92. The molecule has 4 rings (SSSR count). The number of hydrogen-bond donors (Lipinski definition) is 0. The summed E-state index contributed by atoms with van der Waals surface area (Å²) in [6.45, 7) is 4.10. The van der Waals surface area contributed by atoms with E-state index in [0.717, 1.165) is 49.7 Å². The van der Waals surface area contributed by atoms with Crippen molar-refractivity contribution in [3.05, 3.63) is 30.6 Å². The van der Waals surface area contributed by atoms with Gasteiger partial charge in [-0.2, -0.15) is 0 Å². The predicted octanol–water partition coefficient (Wildman–Crippen LogP) is 2.24. The Balaban J connectivity index is 1.52. The SMILES string of the molecule is Cn1cncc1-c1cncc([C@H]2CCCN(C3CCOCC3)C2)n1. The van der Waals surface area contributed by atoms with Crippen LogP contribution >= 0.6 is 0 Å². The molecule has 6 nitrogen and oxygen atoms in total. The summed E-state index contributed by atoms with van der Waals surface area (Å²) in [5.41, 5.74) is 3.04. The number of aromatic nitrogens is 4. The third-order valence-corrected chi connectivity index (χ3v) is 5.31. The van der Waals surface area contributed by atoms with E-state index in [2.05, 4.69) is 14.9 Å². The van der Waals surface area contributed by atoms with Crippen LogP contribution < -0.4 is 0 Å². The van der Waals surface area contributed by atoms with Crippen LogP contribution in [0, 0.1) is 0 Å². The van der Waals surface area contributed by atoms with Gasteiger partial charge in [0.2, 0.25) is 0 Å². The number of nitrogens with zero attached hydrogens (tertiary/aromatic N) is 5. The van der Waals surface area contributed by atoms with E-state index in [0.29, 0.717) is 12.0 Å². The average Bonchev–Trinajstić information content (AvgIpc) is 3.09. The molecule has 0 aliphatic carbocycles. The summed E-state index contributed by atoms with van der Waals surface area (Å²) in [4.78, 5) is 16.2. The molecular weight excluding hydrogens is 302 g/mol. The monoisotopic (exact) mass is 327 g/mol. The second-order valence-electron chi connectivity index (χ2n) is 6.90. The first-order chi connectivity index (χ1) is 11.8. The normalized spacial score (nSPS) is 23.5. The Hall–Kier alpha value is -1.79. The van der Waals surface area contributed by atoms with Gasteiger partial charge in [-0.05, 0) is 32.2 Å². The highest BCUT2D eigenvalue weighted by molar-refractivity contribution is 5.52. The molecule has 6 heteroatoms. The molecule has 128 valence electrons. The van der Waals surface area contributed by atoms with Gasteiger partial charge in [0, 0.05) is 45.0 Å². The molecular formula is C18H25N5O. The zero-order valence-electron chi connectivity index (χ0n) is 14.3. The second-order valence-corrected chi connectivity index (χ2v) is 6.90. The summed E-state index contributed by atoms with van der Waals surface area (Å²) in [5.74, 6) is 0.474. The van der Waals surface area contributed by atoms with E-state index in [1.165, 1.54) is 19.4 Å². The van der Waals surface area contributed by atoms with Crippen molar-refractivity contribution in [2.75, 3.05) is 26.3 Å². The topological polar surface area (TPSA) is 56.1 Å². The molecule has 2 aromatic rings. The van der Waals surface area contributed by atoms with Gasteiger partial charge in [-0.25, -0.2) is 9.97 Å². The van der Waals surface area contributed by atoms with Gasteiger partial charge in [-0.3, -0.25) is 9.88 Å². The summed E-state index contributed by atoms with van der Waals surface area (Å²) in [7, 11) is 1.99. The highest BCUT2D eigenvalue weighted by atomic mass is 16.5. The van der Waals surface area contributed by atoms with E-state index in [-0.39, 0.29) is 0 Å². The standard InChI is InChI=1S/C18H25N5O/c1-22-13-20-11-18(22)17-10-19-9-16(21-17)14-3-2-6-23(12-14)15-4-7-24-8-5-15/h9-11,13-15H,2-8,12H2,1H3/t14-/m0/s1. The number of piperidine rings is 1. The average molecular weight is 327 g/mol. The summed E-state index contributed by atoms with van der Waals surface area (Å²) >= 11 is 0. The van der Waals surface area contributed by atoms with E-state index in [9.17, 15) is 0 Å². The van der Waals surface area contributed by atoms with Crippen molar-refractivity contribution in [1.29, 1.82) is 0 Å². The molecule has 4 heterocycles. The summed E-state index contributed by atoms with van der Waals surface area (Å²) < 4.78 is 7.50. The Morgan fingerprint density at radius 3 is 2.75 bits per heavy atom. The van der Waals surface area contributed by atoms with Crippen molar-refractivity contribution in [1.82, 2.24) is 24.4 Å². The molecule has 0 saturated carbocycles. The fraction of sp³-hybridized carbons (Fsp3) is 0.611. The maximum absolute atomic E-state index is 5.51. The third kappa shape index (κ3) is 3.21. The van der Waals surface area contributed by atoms with Crippen molar-refractivity contribution in [3.8, 4) is 11.4 Å². The highest BCUT2D eigenvalue weighted by Gasteiger charge is 2.28. The van der Waals surface area contributed by atoms with Crippen molar-refractivity contribution in [2.24, 2.45) is 7.05 Å². The lowest BCUT2D eigenvalue weighted by molar-refractivity contribution is 0.0237. The fourth-order valence-electron chi connectivity index (χ4n) is 3.93. The van der Waals surface area contributed by atoms with E-state index < -0.39 is 0 Å². The fourth-order valence-corrected chi connectivity index (χ4v) is 3.93. The molecule has 2 saturated heterocycles. The Kier molecular flexibility index (Phi) is 4.58. The third-order valence-electron chi connectivity index (χ3n) is 5.31. The van der Waals surface area contributed by atoms with Crippen LogP contribution in [0.25, 0.3) is 11.4 Å². The maximum atomic E-state index is 5.51. The molecule has 0 unspecified atom stereocenters. The largest absolute Gasteiger partial charge is 0.381 e. The van der Waals surface area contributed by atoms with Gasteiger partial charge >= 0.3 is 0 Å². The molecule has 0 radical (unpaired) electrons. The van der Waals surface area contributed by atoms with Crippen LogP contribution in [-0.2, 0) is 11.8 Å². The van der Waals surface area contributed by atoms with Gasteiger partial charge in [0.05, 0.1) is 30.1 Å². The molecule has 2 aliphatic rings. The predicted molar refractivity (Wildman–Crippen MR) is 91.6 cm³/mol. The lowest BCUT2D eigenvalue weighted by Crippen LogP contribution is -2.44. The molecule has 2 aromatic heterocycles. The van der Waals surface area contributed by atoms with Gasteiger partial charge in [0.25, 0.3) is 0 Å². The minimum absolute atomic E-state index is 0.474.